The molecule has 0 aliphatic carbocycles. The van der Waals surface area contributed by atoms with Crippen molar-refractivity contribution in [1.29, 1.82) is 0 Å². The number of nitrogens with one attached hydrogen (secondary N) is 1. The number of sulfonamides is 1. The summed E-state index contributed by atoms with van der Waals surface area (Å²) in [6.07, 6.45) is 5.14. The first-order valence-electron chi connectivity index (χ1n) is 6.61. The molecule has 1 saturated heterocycles. The summed E-state index contributed by atoms with van der Waals surface area (Å²) in [6.45, 7) is 1.04. The molecule has 1 aliphatic heterocycles. The second kappa shape index (κ2) is 5.47. The Balaban J connectivity index is 1.88. The summed E-state index contributed by atoms with van der Waals surface area (Å²) < 4.78 is 32.9. The summed E-state index contributed by atoms with van der Waals surface area (Å²) in [5.74, 6) is 0. The van der Waals surface area contributed by atoms with Gasteiger partial charge in [-0.3, -0.25) is 4.98 Å². The molecule has 1 fully saturated rings. The molecular weight excluding hydrogens is 276 g/mol. The quantitative estimate of drug-likeness (QED) is 0.931. The summed E-state index contributed by atoms with van der Waals surface area (Å²) >= 11 is 0. The highest BCUT2D eigenvalue weighted by atomic mass is 32.2. The minimum atomic E-state index is -3.53. The molecule has 0 amide bonds. The first-order valence-corrected chi connectivity index (χ1v) is 8.09. The molecule has 6 heteroatoms. The Morgan fingerprint density at radius 1 is 1.35 bits per heavy atom. The van der Waals surface area contributed by atoms with Crippen molar-refractivity contribution < 1.29 is 13.2 Å². The van der Waals surface area contributed by atoms with Gasteiger partial charge >= 0.3 is 0 Å². The Labute approximate surface area is 118 Å². The monoisotopic (exact) mass is 292 g/mol. The van der Waals surface area contributed by atoms with E-state index in [-0.39, 0.29) is 11.0 Å². The van der Waals surface area contributed by atoms with Crippen molar-refractivity contribution in [3.63, 3.8) is 0 Å². The summed E-state index contributed by atoms with van der Waals surface area (Å²) in [5, 5.41) is 1.50. The molecule has 1 N–H and O–H groups in total. The molecule has 1 aliphatic rings. The third kappa shape index (κ3) is 2.67. The van der Waals surface area contributed by atoms with Crippen molar-refractivity contribution >= 4 is 20.8 Å². The molecule has 1 unspecified atom stereocenters. The largest absolute Gasteiger partial charge is 0.377 e. The Morgan fingerprint density at radius 2 is 2.25 bits per heavy atom. The molecule has 2 heterocycles. The molecule has 2 aromatic rings. The van der Waals surface area contributed by atoms with Crippen LogP contribution in [0.2, 0.25) is 0 Å². The van der Waals surface area contributed by atoms with E-state index in [1.165, 1.54) is 0 Å². The number of aromatic nitrogens is 1. The zero-order valence-corrected chi connectivity index (χ0v) is 11.8. The second-order valence-electron chi connectivity index (χ2n) is 4.84. The summed E-state index contributed by atoms with van der Waals surface area (Å²) in [5.41, 5.74) is 0. The lowest BCUT2D eigenvalue weighted by atomic mass is 10.2. The van der Waals surface area contributed by atoms with Crippen LogP contribution in [0.4, 0.5) is 0 Å². The van der Waals surface area contributed by atoms with Gasteiger partial charge < -0.3 is 4.74 Å². The average Bonchev–Trinajstić information content (AvgIpc) is 2.98. The van der Waals surface area contributed by atoms with E-state index in [1.807, 2.05) is 6.07 Å². The molecule has 3 rings (SSSR count). The highest BCUT2D eigenvalue weighted by Gasteiger charge is 2.21. The zero-order chi connectivity index (χ0) is 14.0. The van der Waals surface area contributed by atoms with Crippen LogP contribution in [0, 0.1) is 0 Å². The highest BCUT2D eigenvalue weighted by Crippen LogP contribution is 2.22. The maximum Gasteiger partial charge on any atom is 0.241 e. The van der Waals surface area contributed by atoms with Gasteiger partial charge in [-0.05, 0) is 25.0 Å². The molecule has 106 valence electrons. The van der Waals surface area contributed by atoms with E-state index in [1.54, 1.807) is 30.6 Å². The van der Waals surface area contributed by atoms with E-state index in [4.69, 9.17) is 4.74 Å². The Kier molecular flexibility index (Phi) is 3.69. The van der Waals surface area contributed by atoms with Crippen LogP contribution >= 0.6 is 0 Å². The lowest BCUT2D eigenvalue weighted by Crippen LogP contribution is -2.31. The highest BCUT2D eigenvalue weighted by molar-refractivity contribution is 7.89. The standard InChI is InChI=1S/C14H16N2O3S/c17-20(18,16-10-12-4-2-8-19-12)14-5-1-3-11-9-15-7-6-13(11)14/h1,3,5-7,9,12,16H,2,4,8,10H2. The van der Waals surface area contributed by atoms with Crippen molar-refractivity contribution in [3.05, 3.63) is 36.7 Å². The number of hydrogen-bond donors (Lipinski definition) is 1. The zero-order valence-electron chi connectivity index (χ0n) is 11.0. The van der Waals surface area contributed by atoms with E-state index in [0.717, 1.165) is 18.2 Å². The molecule has 0 spiro atoms. The van der Waals surface area contributed by atoms with Crippen LogP contribution in [0.15, 0.2) is 41.6 Å². The fourth-order valence-corrected chi connectivity index (χ4v) is 3.71. The topological polar surface area (TPSA) is 68.3 Å². The second-order valence-corrected chi connectivity index (χ2v) is 6.58. The smallest absolute Gasteiger partial charge is 0.241 e. The van der Waals surface area contributed by atoms with E-state index in [2.05, 4.69) is 9.71 Å². The van der Waals surface area contributed by atoms with Crippen LogP contribution in [-0.2, 0) is 14.8 Å². The lowest BCUT2D eigenvalue weighted by molar-refractivity contribution is 0.114. The number of fused-ring (bicyclic) bond motifs is 1. The minimum Gasteiger partial charge on any atom is -0.377 e. The number of ether oxygens (including phenoxy) is 1. The normalized spacial score (nSPS) is 19.5. The fraction of sp³-hybridized carbons (Fsp3) is 0.357. The molecule has 5 nitrogen and oxygen atoms in total. The molecular formula is C14H16N2O3S. The van der Waals surface area contributed by atoms with Gasteiger partial charge in [0.25, 0.3) is 0 Å². The first-order chi connectivity index (χ1) is 9.67. The third-order valence-corrected chi connectivity index (χ3v) is 4.94. The molecule has 1 aromatic heterocycles. The number of rotatable bonds is 4. The van der Waals surface area contributed by atoms with E-state index in [9.17, 15) is 8.42 Å². The van der Waals surface area contributed by atoms with Crippen LogP contribution in [0.3, 0.4) is 0 Å². The predicted octanol–water partition coefficient (Wildman–Crippen LogP) is 1.69. The Hall–Kier alpha value is -1.50. The summed E-state index contributed by atoms with van der Waals surface area (Å²) in [7, 11) is -3.53. The third-order valence-electron chi connectivity index (χ3n) is 3.46. The van der Waals surface area contributed by atoms with Gasteiger partial charge in [0.05, 0.1) is 11.0 Å². The fourth-order valence-electron chi connectivity index (χ4n) is 2.41. The molecule has 0 radical (unpaired) electrons. The Bertz CT molecular complexity index is 704. The van der Waals surface area contributed by atoms with Crippen molar-refractivity contribution in [1.82, 2.24) is 9.71 Å². The maximum absolute atomic E-state index is 12.4. The van der Waals surface area contributed by atoms with Crippen LogP contribution < -0.4 is 4.72 Å². The van der Waals surface area contributed by atoms with Crippen LogP contribution in [-0.4, -0.2) is 32.7 Å². The van der Waals surface area contributed by atoms with Gasteiger partial charge in [-0.2, -0.15) is 0 Å². The lowest BCUT2D eigenvalue weighted by Gasteiger charge is -2.12. The van der Waals surface area contributed by atoms with Gasteiger partial charge in [-0.1, -0.05) is 12.1 Å². The average molecular weight is 292 g/mol. The van der Waals surface area contributed by atoms with Gasteiger partial charge in [0.1, 0.15) is 0 Å². The van der Waals surface area contributed by atoms with Crippen molar-refractivity contribution in [2.24, 2.45) is 0 Å². The minimum absolute atomic E-state index is 0.0126. The molecule has 1 aromatic carbocycles. The van der Waals surface area contributed by atoms with Crippen molar-refractivity contribution in [3.8, 4) is 0 Å². The van der Waals surface area contributed by atoms with Gasteiger partial charge in [0.15, 0.2) is 0 Å². The predicted molar refractivity (Wildman–Crippen MR) is 75.9 cm³/mol. The van der Waals surface area contributed by atoms with Gasteiger partial charge in [0, 0.05) is 36.3 Å². The first kappa shape index (κ1) is 13.5. The van der Waals surface area contributed by atoms with Gasteiger partial charge in [-0.25, -0.2) is 13.1 Å². The van der Waals surface area contributed by atoms with E-state index >= 15 is 0 Å². The number of benzene rings is 1. The van der Waals surface area contributed by atoms with Gasteiger partial charge in [0.2, 0.25) is 10.0 Å². The van der Waals surface area contributed by atoms with Crippen molar-refractivity contribution in [2.45, 2.75) is 23.8 Å². The molecule has 20 heavy (non-hydrogen) atoms. The molecule has 0 saturated carbocycles. The van der Waals surface area contributed by atoms with E-state index < -0.39 is 10.0 Å². The van der Waals surface area contributed by atoms with E-state index in [0.29, 0.717) is 18.5 Å². The number of pyridine rings is 1. The summed E-state index contributed by atoms with van der Waals surface area (Å²) in [4.78, 5) is 4.30. The number of nitrogens with zero attached hydrogens (tertiary/aromatic N) is 1. The number of hydrogen-bond acceptors (Lipinski definition) is 4. The Morgan fingerprint density at radius 3 is 3.05 bits per heavy atom. The SMILES string of the molecule is O=S(=O)(NCC1CCCO1)c1cccc2cnccc12. The summed E-state index contributed by atoms with van der Waals surface area (Å²) in [6, 6.07) is 6.90. The maximum atomic E-state index is 12.4. The van der Waals surface area contributed by atoms with Crippen LogP contribution in [0.25, 0.3) is 10.8 Å². The molecule has 0 bridgehead atoms. The van der Waals surface area contributed by atoms with Crippen LogP contribution in [0.1, 0.15) is 12.8 Å². The van der Waals surface area contributed by atoms with Crippen molar-refractivity contribution in [2.75, 3.05) is 13.2 Å². The molecule has 1 atom stereocenters. The van der Waals surface area contributed by atoms with Gasteiger partial charge in [-0.15, -0.1) is 0 Å². The van der Waals surface area contributed by atoms with Crippen LogP contribution in [0.5, 0.6) is 0 Å².